The van der Waals surface area contributed by atoms with Crippen LogP contribution in [0.2, 0.25) is 0 Å². The summed E-state index contributed by atoms with van der Waals surface area (Å²) in [7, 11) is 0. The van der Waals surface area contributed by atoms with E-state index < -0.39 is 51.7 Å². The van der Waals surface area contributed by atoms with E-state index in [1.807, 2.05) is 6.07 Å². The fourth-order valence-corrected chi connectivity index (χ4v) is 9.97. The molecule has 4 saturated heterocycles. The minimum absolute atomic E-state index is 0.00121. The van der Waals surface area contributed by atoms with Gasteiger partial charge in [-0.05, 0) is 45.1 Å². The first kappa shape index (κ1) is 23.7. The summed E-state index contributed by atoms with van der Waals surface area (Å²) in [6.45, 7) is 10.1. The van der Waals surface area contributed by atoms with Crippen LogP contribution < -0.4 is 0 Å². The lowest BCUT2D eigenvalue weighted by molar-refractivity contribution is -0.265. The topological polar surface area (TPSA) is 114 Å². The van der Waals surface area contributed by atoms with Gasteiger partial charge in [-0.2, -0.15) is 0 Å². The van der Waals surface area contributed by atoms with E-state index in [0.717, 1.165) is 18.4 Å². The molecule has 2 saturated carbocycles. The lowest BCUT2D eigenvalue weighted by atomic mass is 9.36. The second kappa shape index (κ2) is 6.97. The number of ether oxygens (including phenoxy) is 5. The highest BCUT2D eigenvalue weighted by Crippen LogP contribution is 2.80. The van der Waals surface area contributed by atoms with Crippen molar-refractivity contribution < 1.29 is 42.5 Å². The van der Waals surface area contributed by atoms with Crippen LogP contribution in [0.3, 0.4) is 0 Å². The predicted molar refractivity (Wildman–Crippen MR) is 125 cm³/mol. The largest absolute Gasteiger partial charge is 0.472 e. The Kier molecular flexibility index (Phi) is 4.47. The van der Waals surface area contributed by atoms with Gasteiger partial charge in [-0.1, -0.05) is 13.8 Å². The van der Waals surface area contributed by atoms with Crippen LogP contribution in [0.1, 0.15) is 72.0 Å². The van der Waals surface area contributed by atoms with E-state index in [1.165, 1.54) is 6.92 Å². The van der Waals surface area contributed by atoms with E-state index >= 15 is 0 Å². The summed E-state index contributed by atoms with van der Waals surface area (Å²) in [5, 5.41) is 0. The Bertz CT molecular complexity index is 1190. The van der Waals surface area contributed by atoms with Crippen molar-refractivity contribution in [2.45, 2.75) is 95.9 Å². The molecule has 6 fully saturated rings. The van der Waals surface area contributed by atoms with E-state index in [4.69, 9.17) is 28.1 Å². The highest BCUT2D eigenvalue weighted by molar-refractivity contribution is 5.82. The van der Waals surface area contributed by atoms with Crippen LogP contribution in [-0.2, 0) is 38.1 Å². The lowest BCUT2D eigenvalue weighted by Gasteiger charge is -2.67. The molecular formula is C28H34O9. The van der Waals surface area contributed by atoms with Gasteiger partial charge in [0.1, 0.15) is 24.4 Å². The van der Waals surface area contributed by atoms with Crippen molar-refractivity contribution in [1.29, 1.82) is 0 Å². The molecule has 1 aromatic heterocycles. The molecule has 0 radical (unpaired) electrons. The van der Waals surface area contributed by atoms with Crippen LogP contribution in [0.15, 0.2) is 23.0 Å². The molecule has 6 aliphatic rings. The Balaban J connectivity index is 1.43. The van der Waals surface area contributed by atoms with E-state index in [9.17, 15) is 14.4 Å². The quantitative estimate of drug-likeness (QED) is 0.332. The van der Waals surface area contributed by atoms with Crippen molar-refractivity contribution in [2.75, 3.05) is 6.61 Å². The maximum atomic E-state index is 13.4. The summed E-state index contributed by atoms with van der Waals surface area (Å²) in [5.41, 5.74) is -2.47. The van der Waals surface area contributed by atoms with E-state index in [1.54, 1.807) is 12.5 Å². The molecule has 2 spiro atoms. The first-order chi connectivity index (χ1) is 17.4. The van der Waals surface area contributed by atoms with Gasteiger partial charge in [-0.3, -0.25) is 9.59 Å². The fourth-order valence-electron chi connectivity index (χ4n) is 9.97. The number of cyclic esters (lactones) is 2. The molecule has 0 N–H and O–H groups in total. The number of carbonyl (C=O) groups is 3. The Morgan fingerprint density at radius 3 is 2.57 bits per heavy atom. The average Bonchev–Trinajstić information content (AvgIpc) is 3.30. The molecule has 1 aromatic rings. The van der Waals surface area contributed by atoms with E-state index in [2.05, 4.69) is 27.7 Å². The van der Waals surface area contributed by atoms with Gasteiger partial charge in [0.25, 0.3) is 0 Å². The number of furan rings is 1. The van der Waals surface area contributed by atoms with Crippen LogP contribution in [0.4, 0.5) is 0 Å². The SMILES string of the molecule is CC(=O)O[C@H]1C[C@H]2C(C)(C)O[C@H]3CC(=O)OC[C@]32[C@H]2CC[C@@]3(C)[C@@H](c4ccoc4)OC(=O)[C@H]4O[C@]43[C@]12C. The summed E-state index contributed by atoms with van der Waals surface area (Å²) >= 11 is 0. The molecule has 4 aliphatic heterocycles. The number of fused-ring (bicyclic) bond motifs is 1. The molecule has 0 amide bonds. The van der Waals surface area contributed by atoms with Crippen molar-refractivity contribution in [3.63, 3.8) is 0 Å². The second-order valence-corrected chi connectivity index (χ2v) is 13.0. The second-order valence-electron chi connectivity index (χ2n) is 13.0. The van der Waals surface area contributed by atoms with Crippen molar-refractivity contribution >= 4 is 17.9 Å². The lowest BCUT2D eigenvalue weighted by Crippen LogP contribution is -2.74. The molecule has 0 aromatic carbocycles. The summed E-state index contributed by atoms with van der Waals surface area (Å²) in [5.74, 6) is -1.09. The van der Waals surface area contributed by atoms with Gasteiger partial charge >= 0.3 is 17.9 Å². The van der Waals surface area contributed by atoms with Crippen LogP contribution in [0.5, 0.6) is 0 Å². The van der Waals surface area contributed by atoms with Crippen molar-refractivity contribution in [2.24, 2.45) is 28.1 Å². The average molecular weight is 515 g/mol. The number of rotatable bonds is 2. The maximum absolute atomic E-state index is 13.4. The van der Waals surface area contributed by atoms with Crippen LogP contribution in [-0.4, -0.2) is 54.0 Å². The van der Waals surface area contributed by atoms with Gasteiger partial charge in [0.2, 0.25) is 0 Å². The minimum Gasteiger partial charge on any atom is -0.472 e. The highest BCUT2D eigenvalue weighted by Gasteiger charge is 2.90. The first-order valence-electron chi connectivity index (χ1n) is 13.3. The van der Waals surface area contributed by atoms with Gasteiger partial charge in [-0.15, -0.1) is 0 Å². The number of esters is 3. The van der Waals surface area contributed by atoms with E-state index in [0.29, 0.717) is 6.42 Å². The third-order valence-electron chi connectivity index (χ3n) is 11.3. The summed E-state index contributed by atoms with van der Waals surface area (Å²) in [6.07, 6.45) is 3.28. The molecule has 0 bridgehead atoms. The Morgan fingerprint density at radius 1 is 1.08 bits per heavy atom. The van der Waals surface area contributed by atoms with Gasteiger partial charge in [0, 0.05) is 34.7 Å². The molecular weight excluding hydrogens is 480 g/mol. The number of hydrogen-bond acceptors (Lipinski definition) is 9. The van der Waals surface area contributed by atoms with Crippen LogP contribution >= 0.6 is 0 Å². The standard InChI is InChI=1S/C28H34O9/c1-14(29)34-18-10-17-24(2,3)36-19-11-20(30)33-13-27(17,19)16-6-8-25(4)21(15-7-9-32-12-15)35-23(31)22-28(25,37-22)26(16,18)5/h7,9,12,16-19,21-22H,6,8,10-11,13H2,1-5H3/t16-,17-,18-,19-,21+,22+,25-,26-,27+,28+/m0/s1. The predicted octanol–water partition coefficient (Wildman–Crippen LogP) is 3.50. The first-order valence-corrected chi connectivity index (χ1v) is 13.3. The molecule has 7 rings (SSSR count). The third kappa shape index (κ3) is 2.56. The summed E-state index contributed by atoms with van der Waals surface area (Å²) in [4.78, 5) is 38.3. The molecule has 9 nitrogen and oxygen atoms in total. The Labute approximate surface area is 215 Å². The molecule has 0 unspecified atom stereocenters. The Hall–Kier alpha value is -2.39. The number of epoxide rings is 1. The molecule has 200 valence electrons. The number of carbonyl (C=O) groups excluding carboxylic acids is 3. The Morgan fingerprint density at radius 2 is 1.86 bits per heavy atom. The van der Waals surface area contributed by atoms with Crippen molar-refractivity contribution in [3.8, 4) is 0 Å². The smallest absolute Gasteiger partial charge is 0.339 e. The molecule has 2 aliphatic carbocycles. The molecule has 5 heterocycles. The van der Waals surface area contributed by atoms with Crippen LogP contribution in [0, 0.1) is 28.1 Å². The maximum Gasteiger partial charge on any atom is 0.339 e. The highest BCUT2D eigenvalue weighted by atomic mass is 16.7. The summed E-state index contributed by atoms with van der Waals surface area (Å²) in [6, 6.07) is 1.83. The van der Waals surface area contributed by atoms with Gasteiger partial charge in [0.05, 0.1) is 30.7 Å². The van der Waals surface area contributed by atoms with Gasteiger partial charge in [-0.25, -0.2) is 4.79 Å². The zero-order chi connectivity index (χ0) is 26.2. The van der Waals surface area contributed by atoms with Gasteiger partial charge < -0.3 is 28.1 Å². The number of hydrogen-bond donors (Lipinski definition) is 0. The zero-order valence-corrected chi connectivity index (χ0v) is 21.9. The van der Waals surface area contributed by atoms with Crippen molar-refractivity contribution in [3.05, 3.63) is 24.2 Å². The summed E-state index contributed by atoms with van der Waals surface area (Å²) < 4.78 is 36.5. The van der Waals surface area contributed by atoms with Crippen molar-refractivity contribution in [1.82, 2.24) is 0 Å². The molecule has 9 heteroatoms. The monoisotopic (exact) mass is 514 g/mol. The normalized spacial score (nSPS) is 50.8. The third-order valence-corrected chi connectivity index (χ3v) is 11.3. The fraction of sp³-hybridized carbons (Fsp3) is 0.750. The zero-order valence-electron chi connectivity index (χ0n) is 21.9. The minimum atomic E-state index is -0.918. The van der Waals surface area contributed by atoms with E-state index in [-0.39, 0.29) is 42.9 Å². The van der Waals surface area contributed by atoms with Crippen LogP contribution in [0.25, 0.3) is 0 Å². The van der Waals surface area contributed by atoms with Gasteiger partial charge in [0.15, 0.2) is 6.10 Å². The molecule has 10 atom stereocenters. The molecule has 37 heavy (non-hydrogen) atoms.